The van der Waals surface area contributed by atoms with E-state index < -0.39 is 11.2 Å². The predicted molar refractivity (Wildman–Crippen MR) is 69.7 cm³/mol. The van der Waals surface area contributed by atoms with Crippen LogP contribution in [0.5, 0.6) is 0 Å². The second kappa shape index (κ2) is 4.86. The third-order valence-electron chi connectivity index (χ3n) is 1.89. The lowest BCUT2D eigenvalue weighted by molar-refractivity contribution is 0.599. The Labute approximate surface area is 105 Å². The van der Waals surface area contributed by atoms with Gasteiger partial charge in [-0.1, -0.05) is 22.5 Å². The van der Waals surface area contributed by atoms with E-state index in [-0.39, 0.29) is 0 Å². The first-order valence-corrected chi connectivity index (χ1v) is 7.24. The maximum absolute atomic E-state index is 11.2. The summed E-state index contributed by atoms with van der Waals surface area (Å²) in [5.41, 5.74) is 11.9. The van der Waals surface area contributed by atoms with E-state index >= 15 is 0 Å². The van der Waals surface area contributed by atoms with Crippen LogP contribution in [-0.2, 0) is 16.9 Å². The molecule has 2 rings (SSSR count). The van der Waals surface area contributed by atoms with Crippen molar-refractivity contribution in [3.8, 4) is 10.7 Å². The van der Waals surface area contributed by atoms with E-state index in [0.717, 1.165) is 4.88 Å². The minimum Gasteiger partial charge on any atom is -0.616 e. The van der Waals surface area contributed by atoms with Crippen molar-refractivity contribution in [1.29, 1.82) is 0 Å². The van der Waals surface area contributed by atoms with Crippen molar-refractivity contribution in [3.63, 3.8) is 0 Å². The molecule has 17 heavy (non-hydrogen) atoms. The Morgan fingerprint density at radius 2 is 2.18 bits per heavy atom. The molecule has 2 heterocycles. The van der Waals surface area contributed by atoms with Gasteiger partial charge >= 0.3 is 0 Å². The van der Waals surface area contributed by atoms with Crippen molar-refractivity contribution in [2.45, 2.75) is 5.75 Å². The molecule has 0 bridgehead atoms. The fourth-order valence-corrected chi connectivity index (χ4v) is 2.49. The zero-order valence-electron chi connectivity index (χ0n) is 9.08. The lowest BCUT2D eigenvalue weighted by atomic mass is 10.4. The quantitative estimate of drug-likeness (QED) is 0.790. The molecule has 0 spiro atoms. The van der Waals surface area contributed by atoms with Crippen LogP contribution in [0.2, 0.25) is 0 Å². The highest BCUT2D eigenvalue weighted by molar-refractivity contribution is 7.89. The largest absolute Gasteiger partial charge is 0.616 e. The zero-order valence-corrected chi connectivity index (χ0v) is 10.7. The number of hydrogen-bond donors (Lipinski definition) is 2. The van der Waals surface area contributed by atoms with E-state index in [4.69, 9.17) is 11.5 Å². The second-order valence-corrected chi connectivity index (χ2v) is 5.89. The van der Waals surface area contributed by atoms with Crippen LogP contribution >= 0.6 is 11.3 Å². The SMILES string of the molecule is C[S+]([O-])Cc1cc(N)nc(-c2cnc(N)s2)n1. The fourth-order valence-electron chi connectivity index (χ4n) is 1.30. The average molecular weight is 269 g/mol. The van der Waals surface area contributed by atoms with Crippen LogP contribution < -0.4 is 11.5 Å². The van der Waals surface area contributed by atoms with Crippen molar-refractivity contribution < 1.29 is 4.55 Å². The van der Waals surface area contributed by atoms with Gasteiger partial charge < -0.3 is 16.0 Å². The summed E-state index contributed by atoms with van der Waals surface area (Å²) in [6, 6.07) is 1.62. The molecule has 1 unspecified atom stereocenters. The highest BCUT2D eigenvalue weighted by atomic mass is 32.2. The fraction of sp³-hybridized carbons (Fsp3) is 0.222. The molecule has 2 aromatic rings. The Balaban J connectivity index is 2.37. The van der Waals surface area contributed by atoms with Crippen LogP contribution in [0.1, 0.15) is 5.69 Å². The molecule has 0 aliphatic heterocycles. The average Bonchev–Trinajstić information content (AvgIpc) is 2.62. The molecule has 0 aliphatic carbocycles. The molecule has 1 atom stereocenters. The van der Waals surface area contributed by atoms with E-state index in [2.05, 4.69) is 15.0 Å². The van der Waals surface area contributed by atoms with Gasteiger partial charge in [0.2, 0.25) is 0 Å². The van der Waals surface area contributed by atoms with Gasteiger partial charge in [-0.05, 0) is 0 Å². The van der Waals surface area contributed by atoms with Gasteiger partial charge in [0.05, 0.1) is 23.0 Å². The number of nitrogen functional groups attached to an aromatic ring is 2. The molecule has 6 nitrogen and oxygen atoms in total. The molecule has 4 N–H and O–H groups in total. The smallest absolute Gasteiger partial charge is 0.180 e. The summed E-state index contributed by atoms with van der Waals surface area (Å²) >= 11 is 0.320. The molecular formula is C9H11N5OS2. The number of hydrogen-bond acceptors (Lipinski definition) is 7. The molecule has 0 radical (unpaired) electrons. The minimum absolute atomic E-state index is 0.349. The first-order valence-electron chi connectivity index (χ1n) is 4.70. The normalized spacial score (nSPS) is 12.6. The summed E-state index contributed by atoms with van der Waals surface area (Å²) in [5, 5.41) is 0.451. The van der Waals surface area contributed by atoms with Crippen LogP contribution in [0.25, 0.3) is 10.7 Å². The molecule has 0 fully saturated rings. The van der Waals surface area contributed by atoms with Crippen molar-refractivity contribution >= 4 is 33.5 Å². The van der Waals surface area contributed by atoms with Crippen molar-refractivity contribution in [1.82, 2.24) is 15.0 Å². The monoisotopic (exact) mass is 269 g/mol. The van der Waals surface area contributed by atoms with Gasteiger partial charge in [0.1, 0.15) is 11.6 Å². The minimum atomic E-state index is -0.967. The Morgan fingerprint density at radius 1 is 1.41 bits per heavy atom. The van der Waals surface area contributed by atoms with Gasteiger partial charge in [-0.25, -0.2) is 15.0 Å². The van der Waals surface area contributed by atoms with Crippen molar-refractivity contribution in [2.75, 3.05) is 17.7 Å². The molecule has 90 valence electrons. The molecule has 0 amide bonds. The highest BCUT2D eigenvalue weighted by Gasteiger charge is 2.11. The summed E-state index contributed by atoms with van der Waals surface area (Å²) < 4.78 is 11.2. The summed E-state index contributed by atoms with van der Waals surface area (Å²) in [6.07, 6.45) is 3.21. The van der Waals surface area contributed by atoms with Crippen LogP contribution in [0, 0.1) is 0 Å². The van der Waals surface area contributed by atoms with Gasteiger partial charge in [0, 0.05) is 6.07 Å². The number of rotatable bonds is 3. The second-order valence-electron chi connectivity index (χ2n) is 3.39. The lowest BCUT2D eigenvalue weighted by Gasteiger charge is -2.06. The Bertz CT molecular complexity index is 528. The summed E-state index contributed by atoms with van der Waals surface area (Å²) in [5.74, 6) is 1.18. The maximum atomic E-state index is 11.2. The van der Waals surface area contributed by atoms with Gasteiger partial charge in [-0.3, -0.25) is 0 Å². The Kier molecular flexibility index (Phi) is 3.46. The first-order chi connectivity index (χ1) is 8.04. The molecule has 2 aromatic heterocycles. The van der Waals surface area contributed by atoms with Gasteiger partial charge in [0.15, 0.2) is 11.0 Å². The molecule has 0 saturated carbocycles. The standard InChI is InChI=1S/C9H11N5OS2/c1-17(15)4-5-2-7(10)14-8(13-5)6-3-12-9(11)16-6/h2-3H,4H2,1H3,(H2,11,12)(H2,10,13,14). The maximum Gasteiger partial charge on any atom is 0.180 e. The highest BCUT2D eigenvalue weighted by Crippen LogP contribution is 2.25. The number of aromatic nitrogens is 3. The Hall–Kier alpha value is -1.38. The number of nitrogens with two attached hydrogens (primary N) is 2. The molecule has 0 aromatic carbocycles. The van der Waals surface area contributed by atoms with E-state index in [0.29, 0.717) is 28.2 Å². The van der Waals surface area contributed by atoms with E-state index in [9.17, 15) is 4.55 Å². The molecule has 8 heteroatoms. The third kappa shape index (κ3) is 3.05. The van der Waals surface area contributed by atoms with Crippen LogP contribution in [0.15, 0.2) is 12.3 Å². The van der Waals surface area contributed by atoms with Gasteiger partial charge in [-0.2, -0.15) is 0 Å². The van der Waals surface area contributed by atoms with E-state index in [1.807, 2.05) is 0 Å². The molecule has 0 aliphatic rings. The van der Waals surface area contributed by atoms with Gasteiger partial charge in [-0.15, -0.1) is 0 Å². The number of anilines is 2. The van der Waals surface area contributed by atoms with Crippen LogP contribution in [0.3, 0.4) is 0 Å². The number of thiazole rings is 1. The topological polar surface area (TPSA) is 114 Å². The molecule has 0 saturated heterocycles. The van der Waals surface area contributed by atoms with E-state index in [1.54, 1.807) is 18.5 Å². The molecular weight excluding hydrogens is 258 g/mol. The first kappa shape index (κ1) is 12.1. The summed E-state index contributed by atoms with van der Waals surface area (Å²) in [6.45, 7) is 0. The van der Waals surface area contributed by atoms with E-state index in [1.165, 1.54) is 11.3 Å². The van der Waals surface area contributed by atoms with Gasteiger partial charge in [0.25, 0.3) is 0 Å². The van der Waals surface area contributed by atoms with Crippen molar-refractivity contribution in [3.05, 3.63) is 18.0 Å². The van der Waals surface area contributed by atoms with Crippen LogP contribution in [-0.4, -0.2) is 25.8 Å². The summed E-state index contributed by atoms with van der Waals surface area (Å²) in [4.78, 5) is 13.1. The lowest BCUT2D eigenvalue weighted by Crippen LogP contribution is -2.06. The third-order valence-corrected chi connectivity index (χ3v) is 3.42. The summed E-state index contributed by atoms with van der Waals surface area (Å²) in [7, 11) is 0. The zero-order chi connectivity index (χ0) is 12.4. The van der Waals surface area contributed by atoms with Crippen LogP contribution in [0.4, 0.5) is 10.9 Å². The van der Waals surface area contributed by atoms with Crippen molar-refractivity contribution in [2.24, 2.45) is 0 Å². The predicted octanol–water partition coefficient (Wildman–Crippen LogP) is 0.643. The number of nitrogens with zero attached hydrogens (tertiary/aromatic N) is 3. The Morgan fingerprint density at radius 3 is 2.76 bits per heavy atom.